The minimum absolute atomic E-state index is 0.0249. The number of alkyl halides is 3. The van der Waals surface area contributed by atoms with Gasteiger partial charge < -0.3 is 5.11 Å². The van der Waals surface area contributed by atoms with E-state index >= 15 is 0 Å². The molecule has 1 N–H and O–H groups in total. The fraction of sp³-hybridized carbons (Fsp3) is 0.182. The van der Waals surface area contributed by atoms with Gasteiger partial charge in [-0.25, -0.2) is 0 Å². The van der Waals surface area contributed by atoms with Crippen LogP contribution in [0, 0.1) is 0 Å². The molecule has 2 rings (SSSR count). The highest BCUT2D eigenvalue weighted by Gasteiger charge is 2.29. The number of hydrogen-bond donors (Lipinski definition) is 1. The largest absolute Gasteiger partial charge is 0.505 e. The first kappa shape index (κ1) is 11.5. The molecular formula is C11H9F3N2O. The molecule has 1 heterocycles. The summed E-state index contributed by atoms with van der Waals surface area (Å²) in [5.41, 5.74) is 0.00524. The Morgan fingerprint density at radius 3 is 2.29 bits per heavy atom. The van der Waals surface area contributed by atoms with Gasteiger partial charge in [0.15, 0.2) is 5.75 Å². The number of benzene rings is 1. The van der Waals surface area contributed by atoms with Gasteiger partial charge in [0.2, 0.25) is 0 Å². The van der Waals surface area contributed by atoms with Crippen LogP contribution in [0.1, 0.15) is 11.1 Å². The number of hydrogen-bond acceptors (Lipinski definition) is 2. The van der Waals surface area contributed by atoms with Crippen molar-refractivity contribution in [3.8, 4) is 5.75 Å². The van der Waals surface area contributed by atoms with Crippen LogP contribution < -0.4 is 0 Å². The molecule has 0 saturated heterocycles. The Balaban J connectivity index is 2.13. The van der Waals surface area contributed by atoms with Crippen LogP contribution in [0.2, 0.25) is 0 Å². The maximum Gasteiger partial charge on any atom is 0.416 e. The van der Waals surface area contributed by atoms with Crippen molar-refractivity contribution in [3.05, 3.63) is 47.8 Å². The van der Waals surface area contributed by atoms with E-state index in [4.69, 9.17) is 5.11 Å². The van der Waals surface area contributed by atoms with Crippen molar-refractivity contribution in [1.82, 2.24) is 9.78 Å². The predicted octanol–water partition coefficient (Wildman–Crippen LogP) is 2.66. The summed E-state index contributed by atoms with van der Waals surface area (Å²) in [6.07, 6.45) is -1.65. The summed E-state index contributed by atoms with van der Waals surface area (Å²) >= 11 is 0. The molecule has 0 atom stereocenters. The number of nitrogens with zero attached hydrogens (tertiary/aromatic N) is 2. The van der Waals surface area contributed by atoms with E-state index in [9.17, 15) is 13.2 Å². The van der Waals surface area contributed by atoms with Crippen LogP contribution in [0.3, 0.4) is 0 Å². The summed E-state index contributed by atoms with van der Waals surface area (Å²) in [6.45, 7) is 0.318. The molecule has 90 valence electrons. The highest BCUT2D eigenvalue weighted by Crippen LogP contribution is 2.29. The van der Waals surface area contributed by atoms with E-state index in [0.717, 1.165) is 12.1 Å². The van der Waals surface area contributed by atoms with Crippen LogP contribution in [0.15, 0.2) is 36.7 Å². The average molecular weight is 242 g/mol. The third-order valence-corrected chi connectivity index (χ3v) is 2.25. The number of aromatic nitrogens is 2. The highest BCUT2D eigenvalue weighted by molar-refractivity contribution is 5.25. The van der Waals surface area contributed by atoms with E-state index in [1.807, 2.05) is 0 Å². The molecule has 0 bridgehead atoms. The molecule has 0 unspecified atom stereocenters. The number of halogens is 3. The van der Waals surface area contributed by atoms with Crippen molar-refractivity contribution in [2.75, 3.05) is 0 Å². The second-order valence-electron chi connectivity index (χ2n) is 3.59. The lowest BCUT2D eigenvalue weighted by Gasteiger charge is -2.07. The van der Waals surface area contributed by atoms with E-state index in [-0.39, 0.29) is 5.75 Å². The van der Waals surface area contributed by atoms with Crippen molar-refractivity contribution in [3.63, 3.8) is 0 Å². The molecule has 17 heavy (non-hydrogen) atoms. The van der Waals surface area contributed by atoms with Gasteiger partial charge >= 0.3 is 6.18 Å². The maximum absolute atomic E-state index is 12.3. The lowest BCUT2D eigenvalue weighted by atomic mass is 10.1. The Hall–Kier alpha value is -1.98. The molecule has 1 aromatic carbocycles. The highest BCUT2D eigenvalue weighted by atomic mass is 19.4. The van der Waals surface area contributed by atoms with Crippen molar-refractivity contribution >= 4 is 0 Å². The van der Waals surface area contributed by atoms with Gasteiger partial charge in [0.25, 0.3) is 0 Å². The molecular weight excluding hydrogens is 233 g/mol. The smallest absolute Gasteiger partial charge is 0.416 e. The van der Waals surface area contributed by atoms with E-state index in [0.29, 0.717) is 12.1 Å². The lowest BCUT2D eigenvalue weighted by Crippen LogP contribution is -2.05. The zero-order valence-electron chi connectivity index (χ0n) is 8.65. The molecule has 0 amide bonds. The zero-order valence-corrected chi connectivity index (χ0v) is 8.65. The quantitative estimate of drug-likeness (QED) is 0.879. The van der Waals surface area contributed by atoms with E-state index in [1.165, 1.54) is 29.2 Å². The second-order valence-corrected chi connectivity index (χ2v) is 3.59. The first-order valence-corrected chi connectivity index (χ1v) is 4.83. The minimum atomic E-state index is -4.32. The predicted molar refractivity (Wildman–Crippen MR) is 54.4 cm³/mol. The third-order valence-electron chi connectivity index (χ3n) is 2.25. The molecule has 2 aromatic rings. The molecule has 0 fully saturated rings. The molecule has 0 radical (unpaired) electrons. The van der Waals surface area contributed by atoms with Crippen LogP contribution in [0.5, 0.6) is 5.75 Å². The second kappa shape index (κ2) is 4.12. The summed E-state index contributed by atoms with van der Waals surface area (Å²) in [5, 5.41) is 12.9. The van der Waals surface area contributed by atoms with Gasteiger partial charge in [-0.1, -0.05) is 12.1 Å². The van der Waals surface area contributed by atoms with Crippen molar-refractivity contribution in [2.45, 2.75) is 12.7 Å². The van der Waals surface area contributed by atoms with Gasteiger partial charge in [-0.05, 0) is 17.7 Å². The third kappa shape index (κ3) is 2.77. The Bertz CT molecular complexity index is 502. The molecule has 0 spiro atoms. The van der Waals surface area contributed by atoms with E-state index in [2.05, 4.69) is 5.10 Å². The van der Waals surface area contributed by atoms with Crippen LogP contribution in [-0.2, 0) is 12.7 Å². The Kier molecular flexibility index (Phi) is 2.79. The normalized spacial score (nSPS) is 11.7. The Labute approximate surface area is 95.1 Å². The topological polar surface area (TPSA) is 38.1 Å². The van der Waals surface area contributed by atoms with Crippen molar-refractivity contribution in [2.24, 2.45) is 0 Å². The zero-order chi connectivity index (χ0) is 12.5. The molecule has 0 aliphatic heterocycles. The summed E-state index contributed by atoms with van der Waals surface area (Å²) in [7, 11) is 0. The van der Waals surface area contributed by atoms with Gasteiger partial charge in [-0.3, -0.25) is 4.68 Å². The van der Waals surface area contributed by atoms with Gasteiger partial charge in [-0.2, -0.15) is 18.3 Å². The number of rotatable bonds is 2. The van der Waals surface area contributed by atoms with Crippen molar-refractivity contribution < 1.29 is 18.3 Å². The Morgan fingerprint density at radius 2 is 1.82 bits per heavy atom. The molecule has 0 aliphatic carbocycles. The molecule has 6 heteroatoms. The minimum Gasteiger partial charge on any atom is -0.505 e. The van der Waals surface area contributed by atoms with Crippen LogP contribution in [-0.4, -0.2) is 14.9 Å². The number of aromatic hydroxyl groups is 1. The summed E-state index contributed by atoms with van der Waals surface area (Å²) in [5.74, 6) is 0.0249. The molecule has 0 saturated carbocycles. The van der Waals surface area contributed by atoms with Gasteiger partial charge in [-0.15, -0.1) is 0 Å². The SMILES string of the molecule is Oc1cnn(Cc2ccc(C(F)(F)F)cc2)c1. The molecule has 0 aliphatic rings. The fourth-order valence-electron chi connectivity index (χ4n) is 1.43. The van der Waals surface area contributed by atoms with E-state index in [1.54, 1.807) is 0 Å². The standard InChI is InChI=1S/C11H9F3N2O/c12-11(13,14)9-3-1-8(2-4-9)6-16-7-10(17)5-15-16/h1-5,7,17H,6H2. The van der Waals surface area contributed by atoms with E-state index < -0.39 is 11.7 Å². The van der Waals surface area contributed by atoms with Crippen LogP contribution in [0.25, 0.3) is 0 Å². The summed E-state index contributed by atoms with van der Waals surface area (Å²) in [4.78, 5) is 0. The van der Waals surface area contributed by atoms with Gasteiger partial charge in [0.05, 0.1) is 24.5 Å². The summed E-state index contributed by atoms with van der Waals surface area (Å²) in [6, 6.07) is 4.83. The lowest BCUT2D eigenvalue weighted by molar-refractivity contribution is -0.137. The Morgan fingerprint density at radius 1 is 1.18 bits per heavy atom. The monoisotopic (exact) mass is 242 g/mol. The first-order chi connectivity index (χ1) is 7.95. The van der Waals surface area contributed by atoms with Crippen molar-refractivity contribution in [1.29, 1.82) is 0 Å². The van der Waals surface area contributed by atoms with Gasteiger partial charge in [0.1, 0.15) is 0 Å². The van der Waals surface area contributed by atoms with Crippen LogP contribution >= 0.6 is 0 Å². The van der Waals surface area contributed by atoms with Gasteiger partial charge in [0, 0.05) is 0 Å². The average Bonchev–Trinajstić information content (AvgIpc) is 2.63. The molecule has 1 aromatic heterocycles. The fourth-order valence-corrected chi connectivity index (χ4v) is 1.43. The molecule has 3 nitrogen and oxygen atoms in total. The summed E-state index contributed by atoms with van der Waals surface area (Å²) < 4.78 is 38.3. The first-order valence-electron chi connectivity index (χ1n) is 4.83. The van der Waals surface area contributed by atoms with Crippen LogP contribution in [0.4, 0.5) is 13.2 Å². The maximum atomic E-state index is 12.3.